The SMILES string of the molecule is Cc1ccc2[nH]c(C(=O)NCCc3c[nH]c4ccccc34)c(C)c2c1. The Morgan fingerprint density at radius 1 is 1.04 bits per heavy atom. The van der Waals surface area contributed by atoms with Crippen molar-refractivity contribution in [2.45, 2.75) is 20.3 Å². The highest BCUT2D eigenvalue weighted by molar-refractivity contribution is 6.01. The van der Waals surface area contributed by atoms with Crippen molar-refractivity contribution in [3.63, 3.8) is 0 Å². The van der Waals surface area contributed by atoms with E-state index >= 15 is 0 Å². The average Bonchev–Trinajstić information content (AvgIpc) is 3.17. The summed E-state index contributed by atoms with van der Waals surface area (Å²) >= 11 is 0. The molecule has 0 aliphatic carbocycles. The number of para-hydroxylation sites is 1. The van der Waals surface area contributed by atoms with Crippen molar-refractivity contribution in [1.29, 1.82) is 0 Å². The topological polar surface area (TPSA) is 60.7 Å². The van der Waals surface area contributed by atoms with E-state index in [0.717, 1.165) is 28.4 Å². The molecule has 2 heterocycles. The van der Waals surface area contributed by atoms with Crippen LogP contribution >= 0.6 is 0 Å². The lowest BCUT2D eigenvalue weighted by atomic mass is 10.1. The van der Waals surface area contributed by atoms with E-state index in [1.54, 1.807) is 0 Å². The van der Waals surface area contributed by atoms with Crippen molar-refractivity contribution >= 4 is 27.7 Å². The molecule has 0 saturated heterocycles. The molecule has 4 heteroatoms. The molecule has 0 aliphatic rings. The van der Waals surface area contributed by atoms with Gasteiger partial charge in [0, 0.05) is 34.5 Å². The number of fused-ring (bicyclic) bond motifs is 2. The molecular formula is C21H21N3O. The van der Waals surface area contributed by atoms with Crippen LogP contribution in [0, 0.1) is 13.8 Å². The van der Waals surface area contributed by atoms with Gasteiger partial charge in [0.05, 0.1) is 0 Å². The molecule has 0 atom stereocenters. The van der Waals surface area contributed by atoms with Gasteiger partial charge in [-0.3, -0.25) is 4.79 Å². The van der Waals surface area contributed by atoms with Gasteiger partial charge < -0.3 is 15.3 Å². The van der Waals surface area contributed by atoms with Crippen molar-refractivity contribution in [1.82, 2.24) is 15.3 Å². The van der Waals surface area contributed by atoms with E-state index in [9.17, 15) is 4.79 Å². The molecule has 2 aromatic carbocycles. The lowest BCUT2D eigenvalue weighted by Gasteiger charge is -2.04. The van der Waals surface area contributed by atoms with Crippen LogP contribution in [0.1, 0.15) is 27.2 Å². The number of benzene rings is 2. The molecule has 4 nitrogen and oxygen atoms in total. The van der Waals surface area contributed by atoms with Gasteiger partial charge in [-0.2, -0.15) is 0 Å². The van der Waals surface area contributed by atoms with Crippen molar-refractivity contribution < 1.29 is 4.79 Å². The third-order valence-corrected chi connectivity index (χ3v) is 4.80. The Hall–Kier alpha value is -3.01. The van der Waals surface area contributed by atoms with Crippen LogP contribution in [0.25, 0.3) is 21.8 Å². The van der Waals surface area contributed by atoms with Crippen LogP contribution in [0.15, 0.2) is 48.7 Å². The Balaban J connectivity index is 1.48. The Kier molecular flexibility index (Phi) is 3.80. The van der Waals surface area contributed by atoms with Crippen LogP contribution in [0.3, 0.4) is 0 Å². The highest BCUT2D eigenvalue weighted by atomic mass is 16.1. The molecular weight excluding hydrogens is 310 g/mol. The lowest BCUT2D eigenvalue weighted by molar-refractivity contribution is 0.0949. The van der Waals surface area contributed by atoms with Gasteiger partial charge in [-0.1, -0.05) is 29.8 Å². The standard InChI is InChI=1S/C21H21N3O/c1-13-7-8-19-17(11-13)14(2)20(24-19)21(25)22-10-9-15-12-23-18-6-4-3-5-16(15)18/h3-8,11-12,23-24H,9-10H2,1-2H3,(H,22,25). The maximum atomic E-state index is 12.6. The zero-order valence-corrected chi connectivity index (χ0v) is 14.4. The van der Waals surface area contributed by atoms with Gasteiger partial charge in [-0.25, -0.2) is 0 Å². The van der Waals surface area contributed by atoms with E-state index in [2.05, 4.69) is 46.5 Å². The largest absolute Gasteiger partial charge is 0.361 e. The van der Waals surface area contributed by atoms with Gasteiger partial charge in [-0.05, 0) is 49.6 Å². The summed E-state index contributed by atoms with van der Waals surface area (Å²) in [5, 5.41) is 5.36. The minimum Gasteiger partial charge on any atom is -0.361 e. The predicted molar refractivity (Wildman–Crippen MR) is 102 cm³/mol. The third kappa shape index (κ3) is 2.80. The van der Waals surface area contributed by atoms with Crippen molar-refractivity contribution in [3.05, 3.63) is 71.0 Å². The van der Waals surface area contributed by atoms with Crippen LogP contribution in [-0.4, -0.2) is 22.4 Å². The fourth-order valence-electron chi connectivity index (χ4n) is 3.41. The minimum absolute atomic E-state index is 0.0498. The molecule has 0 saturated carbocycles. The Morgan fingerprint density at radius 3 is 2.76 bits per heavy atom. The predicted octanol–water partition coefficient (Wildman–Crippen LogP) is 4.24. The molecule has 25 heavy (non-hydrogen) atoms. The Bertz CT molecular complexity index is 1070. The van der Waals surface area contributed by atoms with E-state index in [4.69, 9.17) is 0 Å². The summed E-state index contributed by atoms with van der Waals surface area (Å²) in [6.07, 6.45) is 2.82. The Morgan fingerprint density at radius 2 is 1.88 bits per heavy atom. The fraction of sp³-hybridized carbons (Fsp3) is 0.190. The number of hydrogen-bond acceptors (Lipinski definition) is 1. The second kappa shape index (κ2) is 6.13. The number of H-pyrrole nitrogens is 2. The van der Waals surface area contributed by atoms with Crippen LogP contribution in [0.4, 0.5) is 0 Å². The molecule has 0 unspecified atom stereocenters. The van der Waals surface area contributed by atoms with E-state index in [0.29, 0.717) is 12.2 Å². The average molecular weight is 331 g/mol. The Labute approximate surface area is 146 Å². The first-order chi connectivity index (χ1) is 12.1. The normalized spacial score (nSPS) is 11.3. The van der Waals surface area contributed by atoms with Gasteiger partial charge in [0.25, 0.3) is 5.91 Å². The molecule has 126 valence electrons. The first-order valence-electron chi connectivity index (χ1n) is 8.55. The van der Waals surface area contributed by atoms with Crippen molar-refractivity contribution in [2.24, 2.45) is 0 Å². The summed E-state index contributed by atoms with van der Waals surface area (Å²) < 4.78 is 0. The molecule has 2 aromatic heterocycles. The number of carbonyl (C=O) groups excluding carboxylic acids is 1. The lowest BCUT2D eigenvalue weighted by Crippen LogP contribution is -2.26. The first-order valence-corrected chi connectivity index (χ1v) is 8.55. The molecule has 0 radical (unpaired) electrons. The van der Waals surface area contributed by atoms with Gasteiger partial charge >= 0.3 is 0 Å². The summed E-state index contributed by atoms with van der Waals surface area (Å²) in [6, 6.07) is 14.4. The first kappa shape index (κ1) is 15.5. The second-order valence-corrected chi connectivity index (χ2v) is 6.54. The number of aryl methyl sites for hydroxylation is 2. The molecule has 0 aliphatic heterocycles. The van der Waals surface area contributed by atoms with Crippen molar-refractivity contribution in [2.75, 3.05) is 6.54 Å². The van der Waals surface area contributed by atoms with Gasteiger partial charge in [0.15, 0.2) is 0 Å². The van der Waals surface area contributed by atoms with E-state index in [1.807, 2.05) is 31.3 Å². The maximum Gasteiger partial charge on any atom is 0.268 e. The van der Waals surface area contributed by atoms with E-state index < -0.39 is 0 Å². The van der Waals surface area contributed by atoms with E-state index in [1.165, 1.54) is 16.5 Å². The third-order valence-electron chi connectivity index (χ3n) is 4.80. The smallest absolute Gasteiger partial charge is 0.268 e. The molecule has 0 fully saturated rings. The molecule has 4 rings (SSSR count). The van der Waals surface area contributed by atoms with Gasteiger partial charge in [0.1, 0.15) is 5.69 Å². The molecule has 1 amide bonds. The summed E-state index contributed by atoms with van der Waals surface area (Å²) in [7, 11) is 0. The zero-order chi connectivity index (χ0) is 17.4. The number of hydrogen-bond donors (Lipinski definition) is 3. The quantitative estimate of drug-likeness (QED) is 0.515. The molecule has 4 aromatic rings. The highest BCUT2D eigenvalue weighted by Gasteiger charge is 2.14. The fourth-order valence-corrected chi connectivity index (χ4v) is 3.41. The number of rotatable bonds is 4. The van der Waals surface area contributed by atoms with E-state index in [-0.39, 0.29) is 5.91 Å². The van der Waals surface area contributed by atoms with Crippen LogP contribution in [0.2, 0.25) is 0 Å². The minimum atomic E-state index is -0.0498. The zero-order valence-electron chi connectivity index (χ0n) is 14.4. The molecule has 0 spiro atoms. The number of aromatic nitrogens is 2. The van der Waals surface area contributed by atoms with Crippen LogP contribution in [0.5, 0.6) is 0 Å². The summed E-state index contributed by atoms with van der Waals surface area (Å²) in [5.41, 5.74) is 6.21. The van der Waals surface area contributed by atoms with Gasteiger partial charge in [0.2, 0.25) is 0 Å². The summed E-state index contributed by atoms with van der Waals surface area (Å²) in [5.74, 6) is -0.0498. The maximum absolute atomic E-state index is 12.6. The molecule has 0 bridgehead atoms. The number of nitrogens with one attached hydrogen (secondary N) is 3. The second-order valence-electron chi connectivity index (χ2n) is 6.54. The summed E-state index contributed by atoms with van der Waals surface area (Å²) in [4.78, 5) is 19.1. The van der Waals surface area contributed by atoms with Gasteiger partial charge in [-0.15, -0.1) is 0 Å². The number of carbonyl (C=O) groups is 1. The van der Waals surface area contributed by atoms with Crippen LogP contribution < -0.4 is 5.32 Å². The monoisotopic (exact) mass is 331 g/mol. The van der Waals surface area contributed by atoms with Crippen molar-refractivity contribution in [3.8, 4) is 0 Å². The highest BCUT2D eigenvalue weighted by Crippen LogP contribution is 2.23. The molecule has 3 N–H and O–H groups in total. The number of amides is 1. The van der Waals surface area contributed by atoms with Crippen LogP contribution in [-0.2, 0) is 6.42 Å². The summed E-state index contributed by atoms with van der Waals surface area (Å²) in [6.45, 7) is 4.66. The number of aromatic amines is 2.